The van der Waals surface area contributed by atoms with E-state index in [2.05, 4.69) is 0 Å². The van der Waals surface area contributed by atoms with Crippen molar-refractivity contribution >= 4 is 11.6 Å². The van der Waals surface area contributed by atoms with E-state index in [1.165, 1.54) is 7.11 Å². The van der Waals surface area contributed by atoms with Gasteiger partial charge in [0, 0.05) is 13.5 Å². The Morgan fingerprint density at radius 3 is 2.64 bits per heavy atom. The first-order valence-electron chi connectivity index (χ1n) is 7.25. The smallest absolute Gasteiger partial charge is 0.188 e. The van der Waals surface area contributed by atoms with Crippen molar-refractivity contribution in [3.8, 4) is 0 Å². The van der Waals surface area contributed by atoms with Gasteiger partial charge in [0.2, 0.25) is 0 Å². The van der Waals surface area contributed by atoms with Crippen molar-refractivity contribution in [2.24, 2.45) is 5.73 Å². The van der Waals surface area contributed by atoms with Gasteiger partial charge in [-0.25, -0.2) is 0 Å². The summed E-state index contributed by atoms with van der Waals surface area (Å²) in [7, 11) is 1.54. The number of aliphatic hydroxyl groups is 1. The fourth-order valence-corrected chi connectivity index (χ4v) is 2.97. The molecule has 0 saturated carbocycles. The average Bonchev–Trinajstić information content (AvgIpc) is 2.52. The Morgan fingerprint density at radius 2 is 2.00 bits per heavy atom. The lowest BCUT2D eigenvalue weighted by molar-refractivity contribution is -0.0522. The largest absolute Gasteiger partial charge is 0.469 e. The average molecular weight is 324 g/mol. The van der Waals surface area contributed by atoms with Crippen molar-refractivity contribution in [1.29, 1.82) is 0 Å². The summed E-state index contributed by atoms with van der Waals surface area (Å²) in [5.41, 5.74) is 6.20. The fraction of sp³-hybridized carbons (Fsp3) is 0.412. The van der Waals surface area contributed by atoms with Gasteiger partial charge < -0.3 is 20.3 Å². The van der Waals surface area contributed by atoms with E-state index in [1.807, 2.05) is 36.4 Å². The SMILES string of the molecule is COCOC1=CC=C(CCN)C(Cl)C1(O)Cc1ccccc1. The molecule has 5 heteroatoms. The highest BCUT2D eigenvalue weighted by Crippen LogP contribution is 2.38. The second-order valence-corrected chi connectivity index (χ2v) is 5.75. The van der Waals surface area contributed by atoms with Crippen LogP contribution in [0.3, 0.4) is 0 Å². The Morgan fingerprint density at radius 1 is 1.27 bits per heavy atom. The van der Waals surface area contributed by atoms with Gasteiger partial charge in [0.25, 0.3) is 0 Å². The zero-order valence-corrected chi connectivity index (χ0v) is 13.4. The van der Waals surface area contributed by atoms with Crippen molar-refractivity contribution < 1.29 is 14.6 Å². The molecule has 0 amide bonds. The van der Waals surface area contributed by atoms with E-state index in [1.54, 1.807) is 6.08 Å². The van der Waals surface area contributed by atoms with Crippen molar-refractivity contribution in [3.05, 3.63) is 59.4 Å². The maximum Gasteiger partial charge on any atom is 0.188 e. The van der Waals surface area contributed by atoms with Crippen molar-refractivity contribution in [2.45, 2.75) is 23.8 Å². The van der Waals surface area contributed by atoms with Crippen molar-refractivity contribution in [3.63, 3.8) is 0 Å². The van der Waals surface area contributed by atoms with Gasteiger partial charge in [-0.05, 0) is 30.2 Å². The van der Waals surface area contributed by atoms with Crippen LogP contribution in [-0.4, -0.2) is 36.5 Å². The molecule has 1 aromatic rings. The lowest BCUT2D eigenvalue weighted by Gasteiger charge is -2.38. The number of methoxy groups -OCH3 is 1. The summed E-state index contributed by atoms with van der Waals surface area (Å²) in [5.74, 6) is 0.416. The quantitative estimate of drug-likeness (QED) is 0.597. The highest BCUT2D eigenvalue weighted by atomic mass is 35.5. The monoisotopic (exact) mass is 323 g/mol. The molecular weight excluding hydrogens is 302 g/mol. The first-order valence-corrected chi connectivity index (χ1v) is 7.69. The normalized spacial score (nSPS) is 24.6. The van der Waals surface area contributed by atoms with E-state index in [0.29, 0.717) is 25.1 Å². The Kier molecular flexibility index (Phi) is 6.03. The van der Waals surface area contributed by atoms with E-state index in [9.17, 15) is 5.11 Å². The molecule has 1 aliphatic carbocycles. The zero-order chi connectivity index (χ0) is 16.0. The van der Waals surface area contributed by atoms with Crippen LogP contribution < -0.4 is 5.73 Å². The summed E-state index contributed by atoms with van der Waals surface area (Å²) in [6, 6.07) is 9.71. The number of benzene rings is 1. The maximum absolute atomic E-state index is 11.2. The van der Waals surface area contributed by atoms with Crippen LogP contribution in [0.5, 0.6) is 0 Å². The molecular formula is C17H22ClNO3. The van der Waals surface area contributed by atoms with Gasteiger partial charge in [0.1, 0.15) is 11.4 Å². The van der Waals surface area contributed by atoms with Crippen LogP contribution in [0.15, 0.2) is 53.8 Å². The van der Waals surface area contributed by atoms with Gasteiger partial charge in [0.15, 0.2) is 6.79 Å². The molecule has 120 valence electrons. The van der Waals surface area contributed by atoms with E-state index >= 15 is 0 Å². The first kappa shape index (κ1) is 17.0. The van der Waals surface area contributed by atoms with Gasteiger partial charge in [-0.2, -0.15) is 0 Å². The van der Waals surface area contributed by atoms with Crippen LogP contribution in [0.1, 0.15) is 12.0 Å². The zero-order valence-electron chi connectivity index (χ0n) is 12.7. The summed E-state index contributed by atoms with van der Waals surface area (Å²) in [5, 5.41) is 10.6. The maximum atomic E-state index is 11.2. The lowest BCUT2D eigenvalue weighted by Crippen LogP contribution is -2.47. The molecule has 0 aliphatic heterocycles. The van der Waals surface area contributed by atoms with E-state index in [0.717, 1.165) is 11.1 Å². The molecule has 0 spiro atoms. The molecule has 0 radical (unpaired) electrons. The van der Waals surface area contributed by atoms with E-state index in [4.69, 9.17) is 26.8 Å². The second kappa shape index (κ2) is 7.79. The topological polar surface area (TPSA) is 64.7 Å². The Bertz CT molecular complexity index is 544. The Labute approximate surface area is 136 Å². The third-order valence-electron chi connectivity index (χ3n) is 3.70. The molecule has 0 aromatic heterocycles. The number of alkyl halides is 1. The number of rotatable bonds is 7. The molecule has 1 aliphatic rings. The molecule has 2 atom stereocenters. The predicted octanol–water partition coefficient (Wildman–Crippen LogP) is 2.36. The molecule has 0 bridgehead atoms. The second-order valence-electron chi connectivity index (χ2n) is 5.31. The molecule has 0 fully saturated rings. The van der Waals surface area contributed by atoms with Gasteiger partial charge in [-0.3, -0.25) is 0 Å². The highest BCUT2D eigenvalue weighted by Gasteiger charge is 2.44. The first-order chi connectivity index (χ1) is 10.6. The summed E-state index contributed by atoms with van der Waals surface area (Å²) >= 11 is 6.56. The van der Waals surface area contributed by atoms with Gasteiger partial charge in [-0.15, -0.1) is 11.6 Å². The fourth-order valence-electron chi connectivity index (χ4n) is 2.60. The molecule has 3 N–H and O–H groups in total. The van der Waals surface area contributed by atoms with Gasteiger partial charge in [0.05, 0.1) is 5.38 Å². The number of allylic oxidation sites excluding steroid dienone is 2. The molecule has 2 unspecified atom stereocenters. The summed E-state index contributed by atoms with van der Waals surface area (Å²) in [4.78, 5) is 0. The molecule has 0 saturated heterocycles. The Hall–Kier alpha value is -1.33. The number of halogens is 1. The van der Waals surface area contributed by atoms with E-state index < -0.39 is 11.0 Å². The minimum atomic E-state index is -1.32. The molecule has 0 heterocycles. The predicted molar refractivity (Wildman–Crippen MR) is 87.5 cm³/mol. The van der Waals surface area contributed by atoms with Crippen molar-refractivity contribution in [2.75, 3.05) is 20.4 Å². The summed E-state index contributed by atoms with van der Waals surface area (Å²) in [6.07, 6.45) is 4.62. The van der Waals surface area contributed by atoms with Crippen LogP contribution in [0.2, 0.25) is 0 Å². The van der Waals surface area contributed by atoms with Gasteiger partial charge >= 0.3 is 0 Å². The lowest BCUT2D eigenvalue weighted by atomic mass is 9.81. The third kappa shape index (κ3) is 3.70. The Balaban J connectivity index is 2.30. The van der Waals surface area contributed by atoms with Crippen molar-refractivity contribution in [1.82, 2.24) is 0 Å². The van der Waals surface area contributed by atoms with Crippen LogP contribution in [-0.2, 0) is 15.9 Å². The standard InChI is InChI=1S/C17H22ClNO3/c1-21-12-22-15-8-7-14(9-10-19)16(18)17(15,20)11-13-5-3-2-4-6-13/h2-8,16,20H,9-12,19H2,1H3. The summed E-state index contributed by atoms with van der Waals surface area (Å²) in [6.45, 7) is 0.547. The highest BCUT2D eigenvalue weighted by molar-refractivity contribution is 6.23. The number of hydrogen-bond donors (Lipinski definition) is 2. The minimum absolute atomic E-state index is 0.0621. The minimum Gasteiger partial charge on any atom is -0.469 e. The van der Waals surface area contributed by atoms with Crippen LogP contribution >= 0.6 is 11.6 Å². The number of hydrogen-bond acceptors (Lipinski definition) is 4. The van der Waals surface area contributed by atoms with Crippen LogP contribution in [0.25, 0.3) is 0 Å². The number of nitrogens with two attached hydrogens (primary N) is 1. The molecule has 1 aromatic carbocycles. The molecule has 22 heavy (non-hydrogen) atoms. The van der Waals surface area contributed by atoms with E-state index in [-0.39, 0.29) is 6.79 Å². The van der Waals surface area contributed by atoms with Crippen LogP contribution in [0, 0.1) is 0 Å². The molecule has 2 rings (SSSR count). The summed E-state index contributed by atoms with van der Waals surface area (Å²) < 4.78 is 10.5. The van der Waals surface area contributed by atoms with Crippen LogP contribution in [0.4, 0.5) is 0 Å². The van der Waals surface area contributed by atoms with Gasteiger partial charge in [-0.1, -0.05) is 36.4 Å². The third-order valence-corrected chi connectivity index (χ3v) is 4.34. The number of ether oxygens (including phenoxy) is 2. The molecule has 4 nitrogen and oxygen atoms in total.